The Morgan fingerprint density at radius 3 is 2.68 bits per heavy atom. The van der Waals surface area contributed by atoms with Crippen molar-refractivity contribution < 1.29 is 9.18 Å². The third-order valence-corrected chi connectivity index (χ3v) is 4.96. The number of aromatic nitrogens is 2. The molecule has 4 rings (SSSR count). The zero-order chi connectivity index (χ0) is 17.3. The van der Waals surface area contributed by atoms with Gasteiger partial charge < -0.3 is 5.32 Å². The van der Waals surface area contributed by atoms with Gasteiger partial charge in [0, 0.05) is 18.5 Å². The third-order valence-electron chi connectivity index (χ3n) is 4.96. The van der Waals surface area contributed by atoms with Gasteiger partial charge in [0.15, 0.2) is 0 Å². The Hall–Kier alpha value is -2.69. The predicted molar refractivity (Wildman–Crippen MR) is 94.7 cm³/mol. The molecular formula is C20H20FN3O. The molecule has 1 heterocycles. The molecule has 0 radical (unpaired) electrons. The molecule has 1 saturated carbocycles. The molecule has 25 heavy (non-hydrogen) atoms. The van der Waals surface area contributed by atoms with Gasteiger partial charge in [0.2, 0.25) is 5.91 Å². The fourth-order valence-electron chi connectivity index (χ4n) is 3.34. The van der Waals surface area contributed by atoms with E-state index in [2.05, 4.69) is 16.5 Å². The van der Waals surface area contributed by atoms with E-state index in [9.17, 15) is 9.18 Å². The number of para-hydroxylation sites is 1. The fraction of sp³-hybridized carbons (Fsp3) is 0.300. The van der Waals surface area contributed by atoms with Crippen LogP contribution in [0.4, 0.5) is 4.39 Å². The van der Waals surface area contributed by atoms with E-state index in [1.807, 2.05) is 29.1 Å². The van der Waals surface area contributed by atoms with Gasteiger partial charge in [0.25, 0.3) is 0 Å². The normalized spacial score (nSPS) is 15.2. The van der Waals surface area contributed by atoms with E-state index in [1.54, 1.807) is 12.1 Å². The van der Waals surface area contributed by atoms with Crippen LogP contribution in [0.25, 0.3) is 10.9 Å². The number of hydrogen-bond donors (Lipinski definition) is 1. The highest BCUT2D eigenvalue weighted by atomic mass is 19.1. The van der Waals surface area contributed by atoms with E-state index in [0.29, 0.717) is 6.54 Å². The molecular weight excluding hydrogens is 317 g/mol. The molecule has 128 valence electrons. The summed E-state index contributed by atoms with van der Waals surface area (Å²) < 4.78 is 15.0. The van der Waals surface area contributed by atoms with Crippen LogP contribution in [-0.4, -0.2) is 22.2 Å². The monoisotopic (exact) mass is 337 g/mol. The topological polar surface area (TPSA) is 46.9 Å². The molecule has 0 atom stereocenters. The lowest BCUT2D eigenvalue weighted by Crippen LogP contribution is -2.35. The van der Waals surface area contributed by atoms with Crippen LogP contribution < -0.4 is 5.32 Å². The van der Waals surface area contributed by atoms with Crippen LogP contribution >= 0.6 is 0 Å². The summed E-state index contributed by atoms with van der Waals surface area (Å²) in [6.45, 7) is 1.37. The first-order valence-corrected chi connectivity index (χ1v) is 8.64. The van der Waals surface area contributed by atoms with Gasteiger partial charge in [-0.25, -0.2) is 4.39 Å². The summed E-state index contributed by atoms with van der Waals surface area (Å²) in [5, 5.41) is 8.56. The van der Waals surface area contributed by atoms with Gasteiger partial charge >= 0.3 is 0 Å². The summed E-state index contributed by atoms with van der Waals surface area (Å²) in [5.74, 6) is -0.226. The lowest BCUT2D eigenvalue weighted by Gasteiger charge is -2.16. The third kappa shape index (κ3) is 3.02. The van der Waals surface area contributed by atoms with Crippen molar-refractivity contribution in [1.82, 2.24) is 15.1 Å². The minimum absolute atomic E-state index is 0.0458. The highest BCUT2D eigenvalue weighted by molar-refractivity contribution is 5.91. The van der Waals surface area contributed by atoms with Crippen molar-refractivity contribution >= 4 is 16.8 Å². The Bertz CT molecular complexity index is 897. The summed E-state index contributed by atoms with van der Waals surface area (Å²) in [6, 6.07) is 14.4. The fourth-order valence-corrected chi connectivity index (χ4v) is 3.34. The minimum Gasteiger partial charge on any atom is -0.355 e. The van der Waals surface area contributed by atoms with Gasteiger partial charge in [0.1, 0.15) is 5.82 Å². The summed E-state index contributed by atoms with van der Waals surface area (Å²) in [4.78, 5) is 12.6. The maximum absolute atomic E-state index is 13.1. The van der Waals surface area contributed by atoms with E-state index >= 15 is 0 Å². The van der Waals surface area contributed by atoms with Crippen molar-refractivity contribution in [2.45, 2.75) is 31.2 Å². The average Bonchev–Trinajstić information content (AvgIpc) is 3.35. The second kappa shape index (κ2) is 6.31. The van der Waals surface area contributed by atoms with Gasteiger partial charge in [-0.2, -0.15) is 5.10 Å². The summed E-state index contributed by atoms with van der Waals surface area (Å²) >= 11 is 0. The molecule has 1 aromatic heterocycles. The van der Waals surface area contributed by atoms with E-state index in [-0.39, 0.29) is 11.7 Å². The van der Waals surface area contributed by atoms with Crippen LogP contribution in [-0.2, 0) is 16.8 Å². The molecule has 3 aromatic rings. The molecule has 2 aromatic carbocycles. The Morgan fingerprint density at radius 1 is 1.16 bits per heavy atom. The van der Waals surface area contributed by atoms with Crippen molar-refractivity contribution in [2.75, 3.05) is 6.54 Å². The van der Waals surface area contributed by atoms with Crippen LogP contribution in [0.1, 0.15) is 24.8 Å². The molecule has 0 spiro atoms. The van der Waals surface area contributed by atoms with Gasteiger partial charge in [0.05, 0.1) is 17.1 Å². The highest BCUT2D eigenvalue weighted by Crippen LogP contribution is 2.48. The smallest absolute Gasteiger partial charge is 0.230 e. The van der Waals surface area contributed by atoms with Crippen LogP contribution in [0, 0.1) is 5.82 Å². The summed E-state index contributed by atoms with van der Waals surface area (Å²) in [7, 11) is 0. The van der Waals surface area contributed by atoms with E-state index in [0.717, 1.165) is 42.3 Å². The Kier molecular flexibility index (Phi) is 3.99. The maximum Gasteiger partial charge on any atom is 0.230 e. The van der Waals surface area contributed by atoms with E-state index in [1.165, 1.54) is 12.1 Å². The number of halogens is 1. The van der Waals surface area contributed by atoms with Crippen molar-refractivity contribution in [3.05, 3.63) is 66.1 Å². The van der Waals surface area contributed by atoms with Crippen LogP contribution in [0.2, 0.25) is 0 Å². The Balaban J connectivity index is 1.33. The number of nitrogens with zero attached hydrogens (tertiary/aromatic N) is 2. The molecule has 1 aliphatic carbocycles. The van der Waals surface area contributed by atoms with Crippen LogP contribution in [0.5, 0.6) is 0 Å². The van der Waals surface area contributed by atoms with Gasteiger partial charge in [-0.1, -0.05) is 30.3 Å². The highest BCUT2D eigenvalue weighted by Gasteiger charge is 2.50. The van der Waals surface area contributed by atoms with Crippen molar-refractivity contribution in [1.29, 1.82) is 0 Å². The quantitative estimate of drug-likeness (QED) is 0.701. The maximum atomic E-state index is 13.1. The standard InChI is InChI=1S/C20H20FN3O/c21-17-8-6-16(7-9-17)20(10-11-20)19(25)22-12-3-13-24-18-5-2-1-4-15(18)14-23-24/h1-2,4-9,14H,3,10-13H2,(H,22,25). The number of carbonyl (C=O) groups is 1. The Labute approximate surface area is 145 Å². The van der Waals surface area contributed by atoms with Crippen LogP contribution in [0.15, 0.2) is 54.7 Å². The first kappa shape index (κ1) is 15.8. The molecule has 1 aliphatic rings. The number of benzene rings is 2. The molecule has 4 nitrogen and oxygen atoms in total. The minimum atomic E-state index is -0.452. The van der Waals surface area contributed by atoms with Crippen LogP contribution in [0.3, 0.4) is 0 Å². The molecule has 5 heteroatoms. The number of carbonyl (C=O) groups excluding carboxylic acids is 1. The van der Waals surface area contributed by atoms with Gasteiger partial charge in [-0.3, -0.25) is 9.48 Å². The van der Waals surface area contributed by atoms with Gasteiger partial charge in [-0.05, 0) is 43.0 Å². The molecule has 1 amide bonds. The number of rotatable bonds is 6. The molecule has 0 aliphatic heterocycles. The van der Waals surface area contributed by atoms with E-state index < -0.39 is 5.41 Å². The van der Waals surface area contributed by atoms with Crippen molar-refractivity contribution in [3.8, 4) is 0 Å². The van der Waals surface area contributed by atoms with Crippen molar-refractivity contribution in [2.24, 2.45) is 0 Å². The zero-order valence-corrected chi connectivity index (χ0v) is 13.9. The summed E-state index contributed by atoms with van der Waals surface area (Å²) in [6.07, 6.45) is 4.33. The van der Waals surface area contributed by atoms with Crippen molar-refractivity contribution in [3.63, 3.8) is 0 Å². The number of aryl methyl sites for hydroxylation is 1. The predicted octanol–water partition coefficient (Wildman–Crippen LogP) is 3.41. The number of hydrogen-bond acceptors (Lipinski definition) is 2. The number of amides is 1. The van der Waals surface area contributed by atoms with E-state index in [4.69, 9.17) is 0 Å². The largest absolute Gasteiger partial charge is 0.355 e. The lowest BCUT2D eigenvalue weighted by atomic mass is 9.95. The molecule has 0 unspecified atom stereocenters. The molecule has 1 N–H and O–H groups in total. The SMILES string of the molecule is O=C(NCCCn1ncc2ccccc21)C1(c2ccc(F)cc2)CC1. The van der Waals surface area contributed by atoms with Gasteiger partial charge in [-0.15, -0.1) is 0 Å². The zero-order valence-electron chi connectivity index (χ0n) is 13.9. The second-order valence-electron chi connectivity index (χ2n) is 6.62. The first-order valence-electron chi connectivity index (χ1n) is 8.64. The molecule has 0 saturated heterocycles. The lowest BCUT2D eigenvalue weighted by molar-refractivity contribution is -0.123. The number of nitrogens with one attached hydrogen (secondary N) is 1. The number of fused-ring (bicyclic) bond motifs is 1. The molecule has 1 fully saturated rings. The Morgan fingerprint density at radius 2 is 1.92 bits per heavy atom. The average molecular weight is 337 g/mol. The molecule has 0 bridgehead atoms. The summed E-state index contributed by atoms with van der Waals surface area (Å²) in [5.41, 5.74) is 1.56. The first-order chi connectivity index (χ1) is 12.2. The second-order valence-corrected chi connectivity index (χ2v) is 6.62.